The maximum Gasteiger partial charge on any atom is 0.193 e. The lowest BCUT2D eigenvalue weighted by molar-refractivity contribution is -0.111. The van der Waals surface area contributed by atoms with Crippen LogP contribution in [-0.4, -0.2) is 5.12 Å². The molecule has 0 aromatic heterocycles. The van der Waals surface area contributed by atoms with Crippen LogP contribution in [0.2, 0.25) is 0 Å². The summed E-state index contributed by atoms with van der Waals surface area (Å²) in [5, 5.41) is 0.307. The zero-order valence-corrected chi connectivity index (χ0v) is 14.5. The third-order valence-corrected chi connectivity index (χ3v) is 4.68. The molecule has 0 unspecified atom stereocenters. The Kier molecular flexibility index (Phi) is 10.3. The molecule has 1 rings (SSSR count). The quantitative estimate of drug-likeness (QED) is 0.341. The second-order valence-electron chi connectivity index (χ2n) is 5.87. The monoisotopic (exact) mass is 306 g/mol. The van der Waals surface area contributed by atoms with Gasteiger partial charge in [0.2, 0.25) is 0 Å². The van der Waals surface area contributed by atoms with Gasteiger partial charge in [0.1, 0.15) is 0 Å². The SMILES string of the molecule is CCCCCCCCCCCC(=O)Sc1ccc(C)cc1. The fraction of sp³-hybridized carbons (Fsp3) is 0.632. The van der Waals surface area contributed by atoms with E-state index in [2.05, 4.69) is 26.0 Å². The summed E-state index contributed by atoms with van der Waals surface area (Å²) in [6, 6.07) is 8.20. The van der Waals surface area contributed by atoms with Crippen molar-refractivity contribution < 1.29 is 4.79 Å². The van der Waals surface area contributed by atoms with Gasteiger partial charge in [-0.05, 0) is 25.5 Å². The van der Waals surface area contributed by atoms with Crippen LogP contribution >= 0.6 is 11.8 Å². The molecule has 0 spiro atoms. The summed E-state index contributed by atoms with van der Waals surface area (Å²) in [7, 11) is 0. The molecule has 0 aliphatic heterocycles. The number of hydrogen-bond acceptors (Lipinski definition) is 2. The Morgan fingerprint density at radius 2 is 1.38 bits per heavy atom. The Hall–Kier alpha value is -0.760. The molecule has 1 nitrogen and oxygen atoms in total. The zero-order chi connectivity index (χ0) is 15.3. The normalized spacial score (nSPS) is 10.8. The number of thioether (sulfide) groups is 1. The van der Waals surface area contributed by atoms with Crippen molar-refractivity contribution in [2.75, 3.05) is 0 Å². The van der Waals surface area contributed by atoms with Crippen LogP contribution < -0.4 is 0 Å². The van der Waals surface area contributed by atoms with E-state index in [1.165, 1.54) is 68.7 Å². The fourth-order valence-electron chi connectivity index (χ4n) is 2.37. The van der Waals surface area contributed by atoms with E-state index in [-0.39, 0.29) is 0 Å². The first kappa shape index (κ1) is 18.3. The lowest BCUT2D eigenvalue weighted by Gasteiger charge is -2.03. The van der Waals surface area contributed by atoms with Gasteiger partial charge >= 0.3 is 0 Å². The van der Waals surface area contributed by atoms with Crippen molar-refractivity contribution >= 4 is 16.9 Å². The summed E-state index contributed by atoms with van der Waals surface area (Å²) in [6.45, 7) is 4.32. The summed E-state index contributed by atoms with van der Waals surface area (Å²) in [5.74, 6) is 0. The van der Waals surface area contributed by atoms with E-state index >= 15 is 0 Å². The first-order valence-electron chi connectivity index (χ1n) is 8.49. The summed E-state index contributed by atoms with van der Waals surface area (Å²) >= 11 is 1.39. The molecule has 0 heterocycles. The van der Waals surface area contributed by atoms with Gasteiger partial charge in [-0.1, -0.05) is 87.7 Å². The highest BCUT2D eigenvalue weighted by Crippen LogP contribution is 2.22. The lowest BCUT2D eigenvalue weighted by atomic mass is 10.1. The molecule has 0 N–H and O–H groups in total. The van der Waals surface area contributed by atoms with Crippen LogP contribution in [0.1, 0.15) is 76.7 Å². The average molecular weight is 307 g/mol. The van der Waals surface area contributed by atoms with Gasteiger partial charge in [-0.15, -0.1) is 0 Å². The maximum absolute atomic E-state index is 11.9. The molecule has 21 heavy (non-hydrogen) atoms. The minimum Gasteiger partial charge on any atom is -0.287 e. The molecule has 1 aromatic carbocycles. The van der Waals surface area contributed by atoms with Crippen molar-refractivity contribution in [2.24, 2.45) is 0 Å². The molecule has 0 saturated carbocycles. The minimum absolute atomic E-state index is 0.307. The Labute approximate surface area is 134 Å². The number of hydrogen-bond donors (Lipinski definition) is 0. The largest absolute Gasteiger partial charge is 0.287 e. The van der Waals surface area contributed by atoms with E-state index in [0.29, 0.717) is 11.5 Å². The van der Waals surface area contributed by atoms with E-state index < -0.39 is 0 Å². The molecule has 0 saturated heterocycles. The Bertz CT molecular complexity index is 383. The number of rotatable bonds is 11. The second-order valence-corrected chi connectivity index (χ2v) is 7.00. The smallest absolute Gasteiger partial charge is 0.193 e. The van der Waals surface area contributed by atoms with Crippen molar-refractivity contribution in [3.63, 3.8) is 0 Å². The highest BCUT2D eigenvalue weighted by molar-refractivity contribution is 8.13. The molecular weight excluding hydrogens is 276 g/mol. The van der Waals surface area contributed by atoms with Gasteiger partial charge in [-0.2, -0.15) is 0 Å². The van der Waals surface area contributed by atoms with Gasteiger partial charge in [0.05, 0.1) is 0 Å². The van der Waals surface area contributed by atoms with Gasteiger partial charge in [-0.25, -0.2) is 0 Å². The maximum atomic E-state index is 11.9. The van der Waals surface area contributed by atoms with Crippen LogP contribution in [0.15, 0.2) is 29.2 Å². The van der Waals surface area contributed by atoms with E-state index in [1.807, 2.05) is 12.1 Å². The van der Waals surface area contributed by atoms with Crippen molar-refractivity contribution in [3.8, 4) is 0 Å². The number of aryl methyl sites for hydroxylation is 1. The van der Waals surface area contributed by atoms with Crippen LogP contribution in [0.5, 0.6) is 0 Å². The van der Waals surface area contributed by atoms with Crippen molar-refractivity contribution in [3.05, 3.63) is 29.8 Å². The Morgan fingerprint density at radius 3 is 1.95 bits per heavy atom. The van der Waals surface area contributed by atoms with Gasteiger partial charge in [0, 0.05) is 11.3 Å². The molecule has 0 aliphatic rings. The molecule has 0 radical (unpaired) electrons. The third kappa shape index (κ3) is 9.73. The molecule has 0 atom stereocenters. The van der Waals surface area contributed by atoms with Crippen LogP contribution in [0.3, 0.4) is 0 Å². The topological polar surface area (TPSA) is 17.1 Å². The van der Waals surface area contributed by atoms with E-state index in [9.17, 15) is 4.79 Å². The number of unbranched alkanes of at least 4 members (excludes halogenated alkanes) is 8. The Balaban J connectivity index is 1.97. The molecule has 0 bridgehead atoms. The van der Waals surface area contributed by atoms with Crippen molar-refractivity contribution in [1.82, 2.24) is 0 Å². The lowest BCUT2D eigenvalue weighted by Crippen LogP contribution is -1.91. The second kappa shape index (κ2) is 11.9. The molecule has 0 aliphatic carbocycles. The van der Waals surface area contributed by atoms with Crippen LogP contribution in [-0.2, 0) is 4.79 Å². The predicted octanol–water partition coefficient (Wildman–Crippen LogP) is 6.53. The van der Waals surface area contributed by atoms with Crippen LogP contribution in [0.25, 0.3) is 0 Å². The van der Waals surface area contributed by atoms with Crippen molar-refractivity contribution in [1.29, 1.82) is 0 Å². The first-order valence-corrected chi connectivity index (χ1v) is 9.31. The Morgan fingerprint density at radius 1 is 0.857 bits per heavy atom. The minimum atomic E-state index is 0.307. The van der Waals surface area contributed by atoms with E-state index in [1.54, 1.807) is 0 Å². The fourth-order valence-corrected chi connectivity index (χ4v) is 3.15. The summed E-state index contributed by atoms with van der Waals surface area (Å²) in [6.07, 6.45) is 12.4. The molecule has 0 amide bonds. The van der Waals surface area contributed by atoms with Crippen LogP contribution in [0.4, 0.5) is 0 Å². The van der Waals surface area contributed by atoms with Gasteiger partial charge < -0.3 is 0 Å². The number of carbonyl (C=O) groups excluding carboxylic acids is 1. The predicted molar refractivity (Wildman–Crippen MR) is 93.9 cm³/mol. The van der Waals surface area contributed by atoms with Gasteiger partial charge in [0.15, 0.2) is 5.12 Å². The number of benzene rings is 1. The molecule has 0 fully saturated rings. The van der Waals surface area contributed by atoms with E-state index in [4.69, 9.17) is 0 Å². The summed E-state index contributed by atoms with van der Waals surface area (Å²) < 4.78 is 0. The van der Waals surface area contributed by atoms with Crippen molar-refractivity contribution in [2.45, 2.75) is 83.0 Å². The summed E-state index contributed by atoms with van der Waals surface area (Å²) in [4.78, 5) is 12.9. The highest BCUT2D eigenvalue weighted by Gasteiger charge is 2.04. The van der Waals surface area contributed by atoms with Gasteiger partial charge in [0.25, 0.3) is 0 Å². The van der Waals surface area contributed by atoms with Crippen LogP contribution in [0, 0.1) is 6.92 Å². The van der Waals surface area contributed by atoms with Gasteiger partial charge in [-0.3, -0.25) is 4.79 Å². The molecule has 118 valence electrons. The third-order valence-electron chi connectivity index (χ3n) is 3.74. The molecule has 1 aromatic rings. The zero-order valence-electron chi connectivity index (χ0n) is 13.7. The number of carbonyl (C=O) groups is 1. The highest BCUT2D eigenvalue weighted by atomic mass is 32.2. The average Bonchev–Trinajstić information content (AvgIpc) is 2.48. The van der Waals surface area contributed by atoms with E-state index in [0.717, 1.165) is 11.3 Å². The molecule has 2 heteroatoms. The standard InChI is InChI=1S/C19H30OS/c1-3-4-5-6-7-8-9-10-11-12-19(20)21-18-15-13-17(2)14-16-18/h13-16H,3-12H2,1-2H3. The summed E-state index contributed by atoms with van der Waals surface area (Å²) in [5.41, 5.74) is 1.24. The molecular formula is C19H30OS. The first-order chi connectivity index (χ1) is 10.2.